The molecular weight excluding hydrogens is 342 g/mol. The van der Waals surface area contributed by atoms with E-state index < -0.39 is 5.91 Å². The molecule has 6 heteroatoms. The van der Waals surface area contributed by atoms with E-state index in [2.05, 4.69) is 22.6 Å². The van der Waals surface area contributed by atoms with Crippen LogP contribution in [0, 0.1) is 0 Å². The van der Waals surface area contributed by atoms with Crippen molar-refractivity contribution in [3.63, 3.8) is 0 Å². The van der Waals surface area contributed by atoms with Crippen molar-refractivity contribution in [2.24, 2.45) is 0 Å². The van der Waals surface area contributed by atoms with Crippen molar-refractivity contribution in [2.75, 3.05) is 32.6 Å². The van der Waals surface area contributed by atoms with Crippen LogP contribution in [0.4, 0.5) is 5.69 Å². The molecule has 27 heavy (non-hydrogen) atoms. The van der Waals surface area contributed by atoms with Gasteiger partial charge in [0.25, 0.3) is 11.8 Å². The molecule has 2 aromatic carbocycles. The number of rotatable bonds is 7. The van der Waals surface area contributed by atoms with Gasteiger partial charge >= 0.3 is 0 Å². The highest BCUT2D eigenvalue weighted by molar-refractivity contribution is 6.31. The zero-order valence-electron chi connectivity index (χ0n) is 15.5. The molecule has 0 fully saturated rings. The van der Waals surface area contributed by atoms with Gasteiger partial charge < -0.3 is 10.1 Å². The molecule has 0 saturated carbocycles. The Labute approximate surface area is 158 Å². The SMILES string of the molecule is COCCN(C)Cc1ccc(N/C=C2\C(=O)NC(=O)c3ccccc32)cc1. The van der Waals surface area contributed by atoms with Crippen molar-refractivity contribution in [1.82, 2.24) is 10.2 Å². The van der Waals surface area contributed by atoms with Gasteiger partial charge in [-0.2, -0.15) is 0 Å². The number of anilines is 1. The average molecular weight is 365 g/mol. The summed E-state index contributed by atoms with van der Waals surface area (Å²) in [6, 6.07) is 15.1. The van der Waals surface area contributed by atoms with Crippen molar-refractivity contribution in [1.29, 1.82) is 0 Å². The second-order valence-corrected chi connectivity index (χ2v) is 6.46. The third kappa shape index (κ3) is 4.61. The summed E-state index contributed by atoms with van der Waals surface area (Å²) in [5.41, 5.74) is 3.63. The van der Waals surface area contributed by atoms with E-state index in [-0.39, 0.29) is 5.91 Å². The minimum atomic E-state index is -0.400. The van der Waals surface area contributed by atoms with E-state index >= 15 is 0 Å². The maximum absolute atomic E-state index is 12.2. The van der Waals surface area contributed by atoms with Crippen LogP contribution in [-0.2, 0) is 16.1 Å². The summed E-state index contributed by atoms with van der Waals surface area (Å²) in [4.78, 5) is 26.3. The Morgan fingerprint density at radius 2 is 1.74 bits per heavy atom. The summed E-state index contributed by atoms with van der Waals surface area (Å²) in [7, 11) is 3.75. The lowest BCUT2D eigenvalue weighted by Gasteiger charge is -2.18. The van der Waals surface area contributed by atoms with Crippen LogP contribution in [0.15, 0.2) is 54.7 Å². The summed E-state index contributed by atoms with van der Waals surface area (Å²) in [5, 5.41) is 5.51. The monoisotopic (exact) mass is 365 g/mol. The summed E-state index contributed by atoms with van der Waals surface area (Å²) in [6.45, 7) is 2.41. The first-order valence-electron chi connectivity index (χ1n) is 8.76. The van der Waals surface area contributed by atoms with Crippen LogP contribution in [0.25, 0.3) is 5.57 Å². The molecule has 1 heterocycles. The number of ether oxygens (including phenoxy) is 1. The number of hydrogen-bond donors (Lipinski definition) is 2. The molecule has 1 aliphatic heterocycles. The maximum atomic E-state index is 12.2. The molecule has 1 aliphatic rings. The first kappa shape index (κ1) is 18.8. The number of fused-ring (bicyclic) bond motifs is 1. The van der Waals surface area contributed by atoms with Crippen LogP contribution in [0.5, 0.6) is 0 Å². The molecule has 0 bridgehead atoms. The number of likely N-dealkylation sites (N-methyl/N-ethyl adjacent to an activating group) is 1. The maximum Gasteiger partial charge on any atom is 0.260 e. The Kier molecular flexibility index (Phi) is 6.01. The van der Waals surface area contributed by atoms with Crippen molar-refractivity contribution in [2.45, 2.75) is 6.54 Å². The average Bonchev–Trinajstić information content (AvgIpc) is 2.67. The number of methoxy groups -OCH3 is 1. The van der Waals surface area contributed by atoms with E-state index in [9.17, 15) is 9.59 Å². The molecule has 0 aliphatic carbocycles. The Hall–Kier alpha value is -2.96. The molecule has 0 radical (unpaired) electrons. The molecule has 2 aromatic rings. The summed E-state index contributed by atoms with van der Waals surface area (Å²) < 4.78 is 5.09. The minimum absolute atomic E-state index is 0.366. The standard InChI is InChI=1S/C21H23N3O3/c1-24(11-12-27-2)14-15-7-9-16(10-8-15)22-13-19-17-5-3-4-6-18(17)20(25)23-21(19)26/h3-10,13,22H,11-12,14H2,1-2H3,(H,23,25,26)/b19-13-. The number of nitrogens with zero attached hydrogens (tertiary/aromatic N) is 1. The Balaban J connectivity index is 1.70. The van der Waals surface area contributed by atoms with Gasteiger partial charge in [-0.1, -0.05) is 30.3 Å². The predicted molar refractivity (Wildman–Crippen MR) is 105 cm³/mol. The first-order valence-corrected chi connectivity index (χ1v) is 8.76. The Morgan fingerprint density at radius 1 is 1.04 bits per heavy atom. The fourth-order valence-electron chi connectivity index (χ4n) is 2.92. The molecule has 2 N–H and O–H groups in total. The quantitative estimate of drug-likeness (QED) is 0.583. The molecule has 0 unspecified atom stereocenters. The lowest BCUT2D eigenvalue weighted by molar-refractivity contribution is -0.114. The van der Waals surface area contributed by atoms with E-state index in [4.69, 9.17) is 4.74 Å². The van der Waals surface area contributed by atoms with E-state index in [1.54, 1.807) is 31.5 Å². The molecule has 6 nitrogen and oxygen atoms in total. The van der Waals surface area contributed by atoms with Crippen LogP contribution < -0.4 is 10.6 Å². The van der Waals surface area contributed by atoms with E-state index in [1.807, 2.05) is 30.3 Å². The third-order valence-electron chi connectivity index (χ3n) is 4.40. The molecule has 0 aromatic heterocycles. The number of imide groups is 1. The number of amides is 2. The summed E-state index contributed by atoms with van der Waals surface area (Å²) in [5.74, 6) is -0.766. The Morgan fingerprint density at radius 3 is 2.44 bits per heavy atom. The third-order valence-corrected chi connectivity index (χ3v) is 4.40. The lowest BCUT2D eigenvalue weighted by atomic mass is 9.96. The van der Waals surface area contributed by atoms with Gasteiger partial charge in [0.15, 0.2) is 0 Å². The second-order valence-electron chi connectivity index (χ2n) is 6.46. The van der Waals surface area contributed by atoms with Gasteiger partial charge in [-0.3, -0.25) is 19.8 Å². The number of benzene rings is 2. The van der Waals surface area contributed by atoms with Gasteiger partial charge in [0, 0.05) is 43.2 Å². The van der Waals surface area contributed by atoms with Crippen molar-refractivity contribution in [3.8, 4) is 0 Å². The van der Waals surface area contributed by atoms with Gasteiger partial charge in [-0.15, -0.1) is 0 Å². The summed E-state index contributed by atoms with van der Waals surface area (Å²) in [6.07, 6.45) is 1.64. The number of hydrogen-bond acceptors (Lipinski definition) is 5. The fourth-order valence-corrected chi connectivity index (χ4v) is 2.92. The number of carbonyl (C=O) groups excluding carboxylic acids is 2. The highest BCUT2D eigenvalue weighted by atomic mass is 16.5. The molecule has 0 atom stereocenters. The van der Waals surface area contributed by atoms with Crippen LogP contribution in [0.1, 0.15) is 21.5 Å². The highest BCUT2D eigenvalue weighted by Crippen LogP contribution is 2.24. The topological polar surface area (TPSA) is 70.7 Å². The number of nitrogens with one attached hydrogen (secondary N) is 2. The summed E-state index contributed by atoms with van der Waals surface area (Å²) >= 11 is 0. The molecule has 3 rings (SSSR count). The molecule has 0 saturated heterocycles. The van der Waals surface area contributed by atoms with Gasteiger partial charge in [-0.05, 0) is 30.8 Å². The first-order chi connectivity index (χ1) is 13.1. The molecule has 140 valence electrons. The zero-order valence-corrected chi connectivity index (χ0v) is 15.5. The normalized spacial score (nSPS) is 15.0. The fraction of sp³-hybridized carbons (Fsp3) is 0.238. The highest BCUT2D eigenvalue weighted by Gasteiger charge is 2.26. The smallest absolute Gasteiger partial charge is 0.260 e. The zero-order chi connectivity index (χ0) is 19.2. The van der Waals surface area contributed by atoms with Crippen LogP contribution in [0.2, 0.25) is 0 Å². The van der Waals surface area contributed by atoms with Crippen molar-refractivity contribution < 1.29 is 14.3 Å². The minimum Gasteiger partial charge on any atom is -0.383 e. The van der Waals surface area contributed by atoms with E-state index in [1.165, 1.54) is 5.56 Å². The van der Waals surface area contributed by atoms with Crippen molar-refractivity contribution in [3.05, 3.63) is 71.4 Å². The predicted octanol–water partition coefficient (Wildman–Crippen LogP) is 2.49. The number of carbonyl (C=O) groups is 2. The van der Waals surface area contributed by atoms with Crippen LogP contribution >= 0.6 is 0 Å². The van der Waals surface area contributed by atoms with Crippen LogP contribution in [-0.4, -0.2) is 44.0 Å². The van der Waals surface area contributed by atoms with Crippen LogP contribution in [0.3, 0.4) is 0 Å². The van der Waals surface area contributed by atoms with Gasteiger partial charge in [-0.25, -0.2) is 0 Å². The van der Waals surface area contributed by atoms with Gasteiger partial charge in [0.2, 0.25) is 0 Å². The second kappa shape index (κ2) is 8.62. The largest absolute Gasteiger partial charge is 0.383 e. The molecule has 0 spiro atoms. The van der Waals surface area contributed by atoms with Gasteiger partial charge in [0.05, 0.1) is 12.2 Å². The Bertz CT molecular complexity index is 859. The van der Waals surface area contributed by atoms with Gasteiger partial charge in [0.1, 0.15) is 0 Å². The van der Waals surface area contributed by atoms with Crippen molar-refractivity contribution >= 4 is 23.1 Å². The molecular formula is C21H23N3O3. The van der Waals surface area contributed by atoms with E-state index in [0.717, 1.165) is 18.8 Å². The van der Waals surface area contributed by atoms with E-state index in [0.29, 0.717) is 23.3 Å². The molecule has 2 amide bonds. The lowest BCUT2D eigenvalue weighted by Crippen LogP contribution is -2.36.